The first kappa shape index (κ1) is 15.9. The van der Waals surface area contributed by atoms with Crippen molar-refractivity contribution in [3.8, 4) is 0 Å². The van der Waals surface area contributed by atoms with Gasteiger partial charge in [0.25, 0.3) is 0 Å². The minimum absolute atomic E-state index is 0.277. The second-order valence-corrected chi connectivity index (χ2v) is 5.42. The largest absolute Gasteiger partial charge is 0.306 e. The van der Waals surface area contributed by atoms with E-state index in [0.29, 0.717) is 17.1 Å². The molecule has 0 aliphatic carbocycles. The number of hydrogen-bond donors (Lipinski definition) is 1. The highest BCUT2D eigenvalue weighted by Crippen LogP contribution is 2.31. The smallest absolute Gasteiger partial charge is 0.164 e. The van der Waals surface area contributed by atoms with Crippen LogP contribution in [0.15, 0.2) is 36.4 Å². The van der Waals surface area contributed by atoms with Crippen LogP contribution in [0.3, 0.4) is 0 Å². The summed E-state index contributed by atoms with van der Waals surface area (Å²) in [5.74, 6) is -1.62. The molecule has 1 nitrogen and oxygen atoms in total. The first-order valence-corrected chi connectivity index (χ1v) is 7.36. The predicted molar refractivity (Wildman–Crippen MR) is 82.7 cm³/mol. The van der Waals surface area contributed by atoms with E-state index in [-0.39, 0.29) is 5.56 Å². The Bertz CT molecular complexity index is 628. The van der Waals surface area contributed by atoms with Crippen LogP contribution in [-0.2, 0) is 0 Å². The summed E-state index contributed by atoms with van der Waals surface area (Å²) in [7, 11) is 0. The van der Waals surface area contributed by atoms with Crippen molar-refractivity contribution >= 4 is 11.6 Å². The minimum atomic E-state index is -0.816. The van der Waals surface area contributed by atoms with Crippen LogP contribution < -0.4 is 5.32 Å². The number of aryl methyl sites for hydroxylation is 1. The molecule has 2 rings (SSSR count). The molecular formula is C17H18ClF2N. The molecule has 1 N–H and O–H groups in total. The monoisotopic (exact) mass is 309 g/mol. The van der Waals surface area contributed by atoms with Gasteiger partial charge in [-0.05, 0) is 37.1 Å². The minimum Gasteiger partial charge on any atom is -0.306 e. The Morgan fingerprint density at radius 2 is 1.76 bits per heavy atom. The Morgan fingerprint density at radius 3 is 2.43 bits per heavy atom. The van der Waals surface area contributed by atoms with Crippen LogP contribution in [0.1, 0.15) is 36.1 Å². The molecule has 0 aliphatic heterocycles. The third kappa shape index (κ3) is 3.42. The summed E-state index contributed by atoms with van der Waals surface area (Å²) >= 11 is 6.22. The molecule has 4 heteroatoms. The lowest BCUT2D eigenvalue weighted by atomic mass is 9.96. The molecule has 0 aliphatic rings. The van der Waals surface area contributed by atoms with E-state index < -0.39 is 17.7 Å². The molecule has 0 radical (unpaired) electrons. The van der Waals surface area contributed by atoms with Crippen molar-refractivity contribution in [2.45, 2.75) is 26.3 Å². The van der Waals surface area contributed by atoms with Gasteiger partial charge in [0.2, 0.25) is 0 Å². The molecule has 2 aromatic rings. The lowest BCUT2D eigenvalue weighted by Gasteiger charge is -2.21. The highest BCUT2D eigenvalue weighted by atomic mass is 35.5. The van der Waals surface area contributed by atoms with E-state index >= 15 is 0 Å². The molecule has 0 heterocycles. The van der Waals surface area contributed by atoms with Gasteiger partial charge in [0.1, 0.15) is 0 Å². The number of benzene rings is 2. The van der Waals surface area contributed by atoms with Crippen LogP contribution in [0.5, 0.6) is 0 Å². The average Bonchev–Trinajstić information content (AvgIpc) is 2.48. The summed E-state index contributed by atoms with van der Waals surface area (Å²) in [4.78, 5) is 0. The quantitative estimate of drug-likeness (QED) is 0.818. The van der Waals surface area contributed by atoms with Crippen molar-refractivity contribution in [3.63, 3.8) is 0 Å². The van der Waals surface area contributed by atoms with E-state index in [2.05, 4.69) is 5.32 Å². The van der Waals surface area contributed by atoms with Crippen LogP contribution in [-0.4, -0.2) is 6.54 Å². The van der Waals surface area contributed by atoms with E-state index in [1.165, 1.54) is 0 Å². The molecule has 1 unspecified atom stereocenters. The Balaban J connectivity index is 2.51. The van der Waals surface area contributed by atoms with Gasteiger partial charge in [0.05, 0.1) is 6.04 Å². The van der Waals surface area contributed by atoms with E-state index in [0.717, 1.165) is 12.0 Å². The summed E-state index contributed by atoms with van der Waals surface area (Å²) < 4.78 is 28.2. The van der Waals surface area contributed by atoms with Crippen molar-refractivity contribution in [2.75, 3.05) is 6.54 Å². The third-order valence-corrected chi connectivity index (χ3v) is 3.78. The maximum Gasteiger partial charge on any atom is 0.164 e. The highest BCUT2D eigenvalue weighted by molar-refractivity contribution is 6.31. The Hall–Kier alpha value is -1.45. The lowest BCUT2D eigenvalue weighted by molar-refractivity contribution is 0.476. The molecule has 1 atom stereocenters. The van der Waals surface area contributed by atoms with E-state index in [1.54, 1.807) is 25.1 Å². The van der Waals surface area contributed by atoms with Gasteiger partial charge in [-0.2, -0.15) is 0 Å². The van der Waals surface area contributed by atoms with Crippen LogP contribution in [0.2, 0.25) is 5.02 Å². The third-order valence-electron chi connectivity index (χ3n) is 3.43. The SMILES string of the molecule is CCCNC(c1ccccc1Cl)c1ccc(C)c(F)c1F. The van der Waals surface area contributed by atoms with Crippen molar-refractivity contribution in [1.82, 2.24) is 5.32 Å². The molecule has 0 saturated heterocycles. The van der Waals surface area contributed by atoms with Gasteiger partial charge < -0.3 is 5.32 Å². The molecule has 112 valence electrons. The number of halogens is 3. The summed E-state index contributed by atoms with van der Waals surface area (Å²) in [6, 6.07) is 9.97. The highest BCUT2D eigenvalue weighted by Gasteiger charge is 2.22. The zero-order valence-corrected chi connectivity index (χ0v) is 12.8. The van der Waals surface area contributed by atoms with Gasteiger partial charge in [0, 0.05) is 10.6 Å². The predicted octanol–water partition coefficient (Wildman–Crippen LogP) is 5.02. The molecule has 21 heavy (non-hydrogen) atoms. The first-order valence-electron chi connectivity index (χ1n) is 6.98. The summed E-state index contributed by atoms with van der Waals surface area (Å²) in [6.07, 6.45) is 0.886. The standard InChI is InChI=1S/C17H18ClF2N/c1-3-10-21-17(12-6-4-5-7-14(12)18)13-9-8-11(2)15(19)16(13)20/h4-9,17,21H,3,10H2,1-2H3. The second kappa shape index (κ2) is 7.01. The van der Waals surface area contributed by atoms with Gasteiger partial charge in [0.15, 0.2) is 11.6 Å². The zero-order chi connectivity index (χ0) is 15.4. The lowest BCUT2D eigenvalue weighted by Crippen LogP contribution is -2.25. The summed E-state index contributed by atoms with van der Waals surface area (Å²) in [5, 5.41) is 3.77. The average molecular weight is 310 g/mol. The fraction of sp³-hybridized carbons (Fsp3) is 0.294. The van der Waals surface area contributed by atoms with E-state index in [4.69, 9.17) is 11.6 Å². The van der Waals surface area contributed by atoms with Crippen LogP contribution in [0.4, 0.5) is 8.78 Å². The number of nitrogens with one attached hydrogen (secondary N) is 1. The first-order chi connectivity index (χ1) is 10.1. The molecule has 2 aromatic carbocycles. The van der Waals surface area contributed by atoms with Gasteiger partial charge in [-0.15, -0.1) is 0 Å². The topological polar surface area (TPSA) is 12.0 Å². The van der Waals surface area contributed by atoms with Gasteiger partial charge in [-0.1, -0.05) is 48.9 Å². The maximum atomic E-state index is 14.3. The zero-order valence-electron chi connectivity index (χ0n) is 12.1. The van der Waals surface area contributed by atoms with Crippen molar-refractivity contribution in [3.05, 3.63) is 69.7 Å². The van der Waals surface area contributed by atoms with Crippen LogP contribution in [0, 0.1) is 18.6 Å². The van der Waals surface area contributed by atoms with Gasteiger partial charge in [-0.3, -0.25) is 0 Å². The fourth-order valence-electron chi connectivity index (χ4n) is 2.27. The molecule has 0 saturated carbocycles. The van der Waals surface area contributed by atoms with Crippen molar-refractivity contribution in [2.24, 2.45) is 0 Å². The van der Waals surface area contributed by atoms with E-state index in [1.807, 2.05) is 25.1 Å². The molecular weight excluding hydrogens is 292 g/mol. The Kier molecular flexibility index (Phi) is 5.32. The summed E-state index contributed by atoms with van der Waals surface area (Å²) in [6.45, 7) is 4.25. The van der Waals surface area contributed by atoms with Crippen LogP contribution in [0.25, 0.3) is 0 Å². The molecule has 0 spiro atoms. The Labute approximate surface area is 128 Å². The normalized spacial score (nSPS) is 12.4. The summed E-state index contributed by atoms with van der Waals surface area (Å²) in [5.41, 5.74) is 1.32. The van der Waals surface area contributed by atoms with Gasteiger partial charge in [-0.25, -0.2) is 8.78 Å². The van der Waals surface area contributed by atoms with Crippen molar-refractivity contribution < 1.29 is 8.78 Å². The van der Waals surface area contributed by atoms with E-state index in [9.17, 15) is 8.78 Å². The van der Waals surface area contributed by atoms with Crippen molar-refractivity contribution in [1.29, 1.82) is 0 Å². The molecule has 0 aromatic heterocycles. The van der Waals surface area contributed by atoms with Crippen LogP contribution >= 0.6 is 11.6 Å². The van der Waals surface area contributed by atoms with Gasteiger partial charge >= 0.3 is 0 Å². The molecule has 0 bridgehead atoms. The number of rotatable bonds is 5. The number of hydrogen-bond acceptors (Lipinski definition) is 1. The second-order valence-electron chi connectivity index (χ2n) is 5.01. The molecule has 0 fully saturated rings. The maximum absolute atomic E-state index is 14.3. The molecule has 0 amide bonds. The Morgan fingerprint density at radius 1 is 1.05 bits per heavy atom. The fourth-order valence-corrected chi connectivity index (χ4v) is 2.51.